The minimum atomic E-state index is -0.410. The fraction of sp³-hybridized carbons (Fsp3) is 0.611. The van der Waals surface area contributed by atoms with Crippen molar-refractivity contribution >= 4 is 18.8 Å². The van der Waals surface area contributed by atoms with Crippen LogP contribution in [0.5, 0.6) is 0 Å². The highest BCUT2D eigenvalue weighted by molar-refractivity contribution is 6.55. The van der Waals surface area contributed by atoms with Gasteiger partial charge < -0.3 is 9.64 Å². The molecular weight excluding hydrogens is 273 g/mol. The van der Waals surface area contributed by atoms with Crippen LogP contribution in [0.25, 0.3) is 0 Å². The molecule has 0 radical (unpaired) electrons. The molecule has 1 aromatic carbocycles. The van der Waals surface area contributed by atoms with Gasteiger partial charge in [-0.15, -0.1) is 0 Å². The number of piperidine rings is 1. The highest BCUT2D eigenvalue weighted by atomic mass is 16.6. The van der Waals surface area contributed by atoms with Crippen molar-refractivity contribution in [1.29, 1.82) is 0 Å². The second-order valence-corrected chi connectivity index (χ2v) is 7.47. The average Bonchev–Trinajstić information content (AvgIpc) is 2.43. The molecule has 0 aromatic heterocycles. The molecule has 0 unspecified atom stereocenters. The first kappa shape index (κ1) is 16.9. The van der Waals surface area contributed by atoms with Crippen molar-refractivity contribution in [2.45, 2.75) is 58.9 Å². The molecule has 4 heteroatoms. The Morgan fingerprint density at radius 2 is 1.86 bits per heavy atom. The Bertz CT molecular complexity index is 528. The van der Waals surface area contributed by atoms with E-state index in [0.717, 1.165) is 33.2 Å². The van der Waals surface area contributed by atoms with Crippen LogP contribution in [-0.4, -0.2) is 37.0 Å². The Morgan fingerprint density at radius 3 is 2.45 bits per heavy atom. The Kier molecular flexibility index (Phi) is 5.20. The van der Waals surface area contributed by atoms with Gasteiger partial charge in [-0.3, -0.25) is 0 Å². The second-order valence-electron chi connectivity index (χ2n) is 7.47. The fourth-order valence-corrected chi connectivity index (χ4v) is 2.99. The lowest BCUT2D eigenvalue weighted by atomic mass is 9.55. The van der Waals surface area contributed by atoms with Crippen LogP contribution in [0.3, 0.4) is 0 Å². The Labute approximate surface area is 135 Å². The third-order valence-electron chi connectivity index (χ3n) is 4.49. The van der Waals surface area contributed by atoms with E-state index in [1.165, 1.54) is 16.6 Å². The van der Waals surface area contributed by atoms with Gasteiger partial charge in [0.05, 0.1) is 0 Å². The summed E-state index contributed by atoms with van der Waals surface area (Å²) in [6.45, 7) is 11.7. The van der Waals surface area contributed by atoms with E-state index in [1.807, 2.05) is 25.7 Å². The maximum atomic E-state index is 12.1. The number of benzene rings is 1. The fourth-order valence-electron chi connectivity index (χ4n) is 2.99. The Morgan fingerprint density at radius 1 is 1.23 bits per heavy atom. The van der Waals surface area contributed by atoms with Gasteiger partial charge in [0.1, 0.15) is 5.60 Å². The van der Waals surface area contributed by atoms with Crippen LogP contribution in [0, 0.1) is 13.8 Å². The molecular formula is C18H28BNO2. The summed E-state index contributed by atoms with van der Waals surface area (Å²) in [5.41, 5.74) is 3.82. The topological polar surface area (TPSA) is 29.5 Å². The summed E-state index contributed by atoms with van der Waals surface area (Å²) in [5, 5.41) is 0. The van der Waals surface area contributed by atoms with Gasteiger partial charge in [-0.2, -0.15) is 0 Å². The number of carbonyl (C=O) groups excluding carboxylic acids is 1. The van der Waals surface area contributed by atoms with Crippen molar-refractivity contribution in [2.24, 2.45) is 0 Å². The second kappa shape index (κ2) is 6.76. The van der Waals surface area contributed by atoms with Gasteiger partial charge >= 0.3 is 6.09 Å². The molecule has 0 aliphatic carbocycles. The van der Waals surface area contributed by atoms with E-state index in [4.69, 9.17) is 4.74 Å². The number of hydrogen-bond acceptors (Lipinski definition) is 2. The molecule has 0 spiro atoms. The number of aryl methyl sites for hydroxylation is 1. The molecule has 1 amide bonds. The molecule has 1 saturated heterocycles. The zero-order valence-corrected chi connectivity index (χ0v) is 14.6. The van der Waals surface area contributed by atoms with E-state index in [0.29, 0.717) is 5.82 Å². The SMILES string of the molecule is Cc1cccc(BC2CCN(C(=O)OC(C)(C)C)CC2)c1C. The molecule has 0 saturated carbocycles. The molecule has 1 aliphatic rings. The van der Waals surface area contributed by atoms with E-state index in [1.54, 1.807) is 0 Å². The zero-order chi connectivity index (χ0) is 16.3. The molecule has 22 heavy (non-hydrogen) atoms. The van der Waals surface area contributed by atoms with Crippen LogP contribution < -0.4 is 5.46 Å². The van der Waals surface area contributed by atoms with Gasteiger partial charge in [-0.25, -0.2) is 4.79 Å². The zero-order valence-electron chi connectivity index (χ0n) is 14.6. The van der Waals surface area contributed by atoms with Gasteiger partial charge in [0.15, 0.2) is 7.28 Å². The first-order valence-corrected chi connectivity index (χ1v) is 8.29. The summed E-state index contributed by atoms with van der Waals surface area (Å²) < 4.78 is 5.45. The molecule has 0 atom stereocenters. The van der Waals surface area contributed by atoms with Crippen LogP contribution in [-0.2, 0) is 4.74 Å². The Balaban J connectivity index is 1.87. The van der Waals surface area contributed by atoms with E-state index in [9.17, 15) is 4.79 Å². The summed E-state index contributed by atoms with van der Waals surface area (Å²) >= 11 is 0. The first-order valence-electron chi connectivity index (χ1n) is 8.29. The average molecular weight is 301 g/mol. The van der Waals surface area contributed by atoms with Crippen molar-refractivity contribution in [3.8, 4) is 0 Å². The van der Waals surface area contributed by atoms with E-state index in [2.05, 4.69) is 32.0 Å². The smallest absolute Gasteiger partial charge is 0.410 e. The molecule has 0 bridgehead atoms. The monoisotopic (exact) mass is 301 g/mol. The number of likely N-dealkylation sites (tertiary alicyclic amines) is 1. The number of nitrogens with zero attached hydrogens (tertiary/aromatic N) is 1. The van der Waals surface area contributed by atoms with Gasteiger partial charge in [-0.1, -0.05) is 35.0 Å². The third-order valence-corrected chi connectivity index (χ3v) is 4.49. The van der Waals surface area contributed by atoms with Gasteiger partial charge in [-0.05, 0) is 53.0 Å². The van der Waals surface area contributed by atoms with Gasteiger partial charge in [0.25, 0.3) is 0 Å². The van der Waals surface area contributed by atoms with Crippen LogP contribution in [0.15, 0.2) is 18.2 Å². The van der Waals surface area contributed by atoms with Gasteiger partial charge in [0, 0.05) is 13.1 Å². The first-order chi connectivity index (χ1) is 10.3. The Hall–Kier alpha value is -1.45. The van der Waals surface area contributed by atoms with Crippen molar-refractivity contribution in [3.05, 3.63) is 29.3 Å². The molecule has 2 rings (SSSR count). The number of carbonyl (C=O) groups is 1. The van der Waals surface area contributed by atoms with E-state index in [-0.39, 0.29) is 6.09 Å². The third kappa shape index (κ3) is 4.52. The highest BCUT2D eigenvalue weighted by Gasteiger charge is 2.27. The molecule has 120 valence electrons. The number of rotatable bonds is 2. The minimum absolute atomic E-state index is 0.169. The molecule has 1 heterocycles. The van der Waals surface area contributed by atoms with Crippen LogP contribution >= 0.6 is 0 Å². The quantitative estimate of drug-likeness (QED) is 0.785. The maximum Gasteiger partial charge on any atom is 0.410 e. The molecule has 3 nitrogen and oxygen atoms in total. The summed E-state index contributed by atoms with van der Waals surface area (Å²) in [5.74, 6) is 0.666. The van der Waals surface area contributed by atoms with Crippen molar-refractivity contribution in [1.82, 2.24) is 4.90 Å². The predicted octanol–water partition coefficient (Wildman–Crippen LogP) is 3.18. The number of amides is 1. The molecule has 1 aromatic rings. The lowest BCUT2D eigenvalue weighted by Crippen LogP contribution is -2.42. The van der Waals surface area contributed by atoms with Crippen molar-refractivity contribution in [2.75, 3.05) is 13.1 Å². The summed E-state index contributed by atoms with van der Waals surface area (Å²) in [7, 11) is 1.12. The lowest BCUT2D eigenvalue weighted by molar-refractivity contribution is 0.0216. The van der Waals surface area contributed by atoms with Gasteiger partial charge in [0.2, 0.25) is 0 Å². The van der Waals surface area contributed by atoms with E-state index >= 15 is 0 Å². The van der Waals surface area contributed by atoms with E-state index < -0.39 is 5.60 Å². The minimum Gasteiger partial charge on any atom is -0.444 e. The summed E-state index contributed by atoms with van der Waals surface area (Å²) in [4.78, 5) is 13.9. The van der Waals surface area contributed by atoms with Crippen molar-refractivity contribution in [3.63, 3.8) is 0 Å². The van der Waals surface area contributed by atoms with Crippen molar-refractivity contribution < 1.29 is 9.53 Å². The van der Waals surface area contributed by atoms with Crippen LogP contribution in [0.2, 0.25) is 5.82 Å². The maximum absolute atomic E-state index is 12.1. The summed E-state index contributed by atoms with van der Waals surface area (Å²) in [6, 6.07) is 6.56. The summed E-state index contributed by atoms with van der Waals surface area (Å²) in [6.07, 6.45) is 1.96. The number of ether oxygens (including phenoxy) is 1. The normalized spacial score (nSPS) is 16.5. The highest BCUT2D eigenvalue weighted by Crippen LogP contribution is 2.23. The molecule has 0 N–H and O–H groups in total. The molecule has 1 aliphatic heterocycles. The number of hydrogen-bond donors (Lipinski definition) is 0. The van der Waals surface area contributed by atoms with Crippen LogP contribution in [0.1, 0.15) is 44.7 Å². The largest absolute Gasteiger partial charge is 0.444 e. The molecule has 1 fully saturated rings. The van der Waals surface area contributed by atoms with Crippen LogP contribution in [0.4, 0.5) is 4.79 Å². The predicted molar refractivity (Wildman–Crippen MR) is 93.5 cm³/mol. The lowest BCUT2D eigenvalue weighted by Gasteiger charge is -2.33. The standard InChI is InChI=1S/C18H28BNO2/c1-13-7-6-8-16(14(13)2)19-15-9-11-20(12-10-15)17(21)22-18(3,4)5/h6-8,15,19H,9-12H2,1-5H3.